The fourth-order valence-corrected chi connectivity index (χ4v) is 2.02. The summed E-state index contributed by atoms with van der Waals surface area (Å²) in [5.74, 6) is 0.324. The molecule has 0 aliphatic carbocycles. The number of anilines is 1. The minimum absolute atomic E-state index is 0.160. The Morgan fingerprint density at radius 3 is 1.93 bits per heavy atom. The van der Waals surface area contributed by atoms with E-state index in [-0.39, 0.29) is 42.8 Å². The van der Waals surface area contributed by atoms with E-state index >= 15 is 0 Å². The van der Waals surface area contributed by atoms with Gasteiger partial charge in [-0.1, -0.05) is 0 Å². The number of nitrogens with zero attached hydrogens (tertiary/aromatic N) is 3. The van der Waals surface area contributed by atoms with Gasteiger partial charge < -0.3 is 25.4 Å². The summed E-state index contributed by atoms with van der Waals surface area (Å²) < 4.78 is 11.2. The van der Waals surface area contributed by atoms with Gasteiger partial charge in [0, 0.05) is 25.6 Å². The molecule has 1 aromatic carbocycles. The van der Waals surface area contributed by atoms with E-state index in [1.807, 2.05) is 0 Å². The number of nitrogens with one attached hydrogen (secondary N) is 3. The van der Waals surface area contributed by atoms with Gasteiger partial charge in [-0.3, -0.25) is 9.59 Å². The van der Waals surface area contributed by atoms with E-state index in [1.165, 1.54) is 19.9 Å². The molecule has 1 rings (SSSR count). The number of carbonyl (C=O) groups is 2. The van der Waals surface area contributed by atoms with Crippen LogP contribution in [0.15, 0.2) is 29.5 Å². The van der Waals surface area contributed by atoms with Crippen LogP contribution >= 0.6 is 0 Å². The van der Waals surface area contributed by atoms with Gasteiger partial charge >= 0.3 is 0 Å². The van der Waals surface area contributed by atoms with Crippen LogP contribution in [0.25, 0.3) is 0 Å². The summed E-state index contributed by atoms with van der Waals surface area (Å²) in [7, 11) is 0. The van der Waals surface area contributed by atoms with Crippen molar-refractivity contribution in [3.05, 3.63) is 29.5 Å². The Bertz CT molecular complexity index is 889. The number of hydrogen-bond acceptors (Lipinski definition) is 8. The maximum atomic E-state index is 11.0. The Kier molecular flexibility index (Phi) is 9.60. The van der Waals surface area contributed by atoms with Gasteiger partial charge in [0.15, 0.2) is 17.1 Å². The first-order valence-electron chi connectivity index (χ1n) is 8.51. The molecule has 0 aliphatic heterocycles. The summed E-state index contributed by atoms with van der Waals surface area (Å²) in [5.41, 5.74) is -0.150. The van der Waals surface area contributed by atoms with Crippen LogP contribution < -0.4 is 25.4 Å². The predicted octanol–water partition coefficient (Wildman–Crippen LogP) is 0.953. The Morgan fingerprint density at radius 1 is 0.897 bits per heavy atom. The van der Waals surface area contributed by atoms with Gasteiger partial charge in [-0.05, 0) is 12.1 Å². The maximum Gasteiger partial charge on any atom is 0.216 e. The van der Waals surface area contributed by atoms with Crippen LogP contribution in [-0.4, -0.2) is 38.1 Å². The lowest BCUT2D eigenvalue weighted by Crippen LogP contribution is -2.26. The number of hydrogen-bond donors (Lipinski definition) is 3. The number of nitriles is 3. The van der Waals surface area contributed by atoms with Crippen molar-refractivity contribution < 1.29 is 19.1 Å². The van der Waals surface area contributed by atoms with Gasteiger partial charge in [-0.15, -0.1) is 0 Å². The van der Waals surface area contributed by atoms with Gasteiger partial charge in [0.1, 0.15) is 37.1 Å². The van der Waals surface area contributed by atoms with Crippen molar-refractivity contribution in [2.75, 3.05) is 31.6 Å². The third kappa shape index (κ3) is 8.33. The normalized spacial score (nSPS) is 9.07. The van der Waals surface area contributed by atoms with Crippen LogP contribution in [0.1, 0.15) is 13.8 Å². The minimum Gasteiger partial charge on any atom is -0.488 e. The summed E-state index contributed by atoms with van der Waals surface area (Å²) >= 11 is 0. The smallest absolute Gasteiger partial charge is 0.216 e. The number of ether oxygens (including phenoxy) is 2. The van der Waals surface area contributed by atoms with E-state index in [2.05, 4.69) is 16.0 Å². The van der Waals surface area contributed by atoms with Crippen LogP contribution in [-0.2, 0) is 9.59 Å². The molecule has 0 atom stereocenters. The number of benzene rings is 1. The van der Waals surface area contributed by atoms with Crippen LogP contribution in [0.2, 0.25) is 0 Å². The van der Waals surface area contributed by atoms with Crippen molar-refractivity contribution in [1.29, 1.82) is 15.8 Å². The standard InChI is InChI=1S/C19H20N6O4/c1-13(26)23-5-7-28-18-4-3-16(25-17(12-22)15(10-20)11-21)9-19(18)29-8-6-24-14(2)27/h3-4,9,25H,5-8H2,1-2H3,(H,23,26)(H,24,27). The summed E-state index contributed by atoms with van der Waals surface area (Å²) in [5, 5.41) is 34.9. The fraction of sp³-hybridized carbons (Fsp3) is 0.316. The van der Waals surface area contributed by atoms with E-state index in [9.17, 15) is 9.59 Å². The van der Waals surface area contributed by atoms with Crippen LogP contribution in [0.4, 0.5) is 5.69 Å². The third-order valence-electron chi connectivity index (χ3n) is 3.27. The van der Waals surface area contributed by atoms with Crippen molar-refractivity contribution >= 4 is 17.5 Å². The molecule has 0 unspecified atom stereocenters. The average Bonchev–Trinajstić information content (AvgIpc) is 2.69. The molecule has 0 fully saturated rings. The number of amides is 2. The zero-order chi connectivity index (χ0) is 21.6. The zero-order valence-electron chi connectivity index (χ0n) is 16.0. The molecule has 1 aromatic rings. The minimum atomic E-state index is -0.351. The molecule has 0 saturated heterocycles. The lowest BCUT2D eigenvalue weighted by Gasteiger charge is -2.15. The zero-order valence-corrected chi connectivity index (χ0v) is 16.0. The van der Waals surface area contributed by atoms with Crippen molar-refractivity contribution in [2.45, 2.75) is 13.8 Å². The van der Waals surface area contributed by atoms with Crippen LogP contribution in [0, 0.1) is 34.0 Å². The topological polar surface area (TPSA) is 160 Å². The molecule has 2 amide bonds. The average molecular weight is 396 g/mol. The molecule has 10 heteroatoms. The lowest BCUT2D eigenvalue weighted by atomic mass is 10.2. The second kappa shape index (κ2) is 12.2. The van der Waals surface area contributed by atoms with Crippen LogP contribution in [0.5, 0.6) is 11.5 Å². The number of allylic oxidation sites excluding steroid dienone is 2. The predicted molar refractivity (Wildman–Crippen MR) is 102 cm³/mol. The second-order valence-corrected chi connectivity index (χ2v) is 5.53. The first-order valence-corrected chi connectivity index (χ1v) is 8.51. The second-order valence-electron chi connectivity index (χ2n) is 5.53. The van der Waals surface area contributed by atoms with Gasteiger partial charge in [0.25, 0.3) is 0 Å². The van der Waals surface area contributed by atoms with Gasteiger partial charge in [0.2, 0.25) is 11.8 Å². The Morgan fingerprint density at radius 2 is 1.45 bits per heavy atom. The molecular weight excluding hydrogens is 376 g/mol. The quantitative estimate of drug-likeness (QED) is 0.389. The number of rotatable bonds is 10. The lowest BCUT2D eigenvalue weighted by molar-refractivity contribution is -0.119. The highest BCUT2D eigenvalue weighted by Crippen LogP contribution is 2.31. The SMILES string of the molecule is CC(=O)NCCOc1ccc(NC(C#N)=C(C#N)C#N)cc1OCCNC(C)=O. The van der Waals surface area contributed by atoms with Crippen molar-refractivity contribution in [2.24, 2.45) is 0 Å². The van der Waals surface area contributed by atoms with Gasteiger partial charge in [-0.2, -0.15) is 15.8 Å². The molecule has 29 heavy (non-hydrogen) atoms. The Balaban J connectivity index is 2.98. The summed E-state index contributed by atoms with van der Waals surface area (Å²) in [4.78, 5) is 21.9. The molecule has 150 valence electrons. The highest BCUT2D eigenvalue weighted by molar-refractivity contribution is 5.73. The molecule has 0 aromatic heterocycles. The van der Waals surface area contributed by atoms with E-state index in [0.29, 0.717) is 23.7 Å². The largest absolute Gasteiger partial charge is 0.488 e. The van der Waals surface area contributed by atoms with Gasteiger partial charge in [-0.25, -0.2) is 0 Å². The Hall–Kier alpha value is -4.23. The van der Waals surface area contributed by atoms with Crippen molar-refractivity contribution in [3.63, 3.8) is 0 Å². The molecule has 10 nitrogen and oxygen atoms in total. The molecule has 0 radical (unpaired) electrons. The Labute approximate surface area is 168 Å². The molecule has 0 aliphatic rings. The van der Waals surface area contributed by atoms with E-state index in [4.69, 9.17) is 25.3 Å². The monoisotopic (exact) mass is 396 g/mol. The van der Waals surface area contributed by atoms with Crippen molar-refractivity contribution in [1.82, 2.24) is 10.6 Å². The molecular formula is C19H20N6O4. The summed E-state index contributed by atoms with van der Waals surface area (Å²) in [6.45, 7) is 3.72. The molecule has 3 N–H and O–H groups in total. The van der Waals surface area contributed by atoms with Crippen molar-refractivity contribution in [3.8, 4) is 29.7 Å². The number of carbonyl (C=O) groups excluding carboxylic acids is 2. The summed E-state index contributed by atoms with van der Waals surface area (Å²) in [6.07, 6.45) is 0. The third-order valence-corrected chi connectivity index (χ3v) is 3.27. The maximum absolute atomic E-state index is 11.0. The first kappa shape index (κ1) is 22.8. The van der Waals surface area contributed by atoms with E-state index < -0.39 is 0 Å². The first-order chi connectivity index (χ1) is 13.9. The van der Waals surface area contributed by atoms with Crippen LogP contribution in [0.3, 0.4) is 0 Å². The summed E-state index contributed by atoms with van der Waals surface area (Å²) in [6, 6.07) is 9.76. The van der Waals surface area contributed by atoms with E-state index in [0.717, 1.165) is 0 Å². The molecule has 0 bridgehead atoms. The highest BCUT2D eigenvalue weighted by atomic mass is 16.5. The van der Waals surface area contributed by atoms with E-state index in [1.54, 1.807) is 30.3 Å². The fourth-order valence-electron chi connectivity index (χ4n) is 2.02. The molecule has 0 heterocycles. The molecule has 0 saturated carbocycles. The van der Waals surface area contributed by atoms with Gasteiger partial charge in [0.05, 0.1) is 13.1 Å². The molecule has 0 spiro atoms. The highest BCUT2D eigenvalue weighted by Gasteiger charge is 2.11.